The number of fused-ring (bicyclic) bond motifs is 2. The standard InChI is InChI=1S/C36H40N2O14S/c1-16-27(39)24(51-33(43)19-13-22(47-4)23(48-5)14-21(19)37-32(42)17(2)46-3)15-26(50-16)52-31-28(40)29(38-34(44)49-6)36-25(11-12-53-36)35(31,45)20-10-8-7-9-18(20)30(36)41/h7-11,13-14,16,24,26-27,29-31,39,41,45H,2,12,15H2,1,3-6H3,(H,37,42)(H,38,44)/t16?,24?,26?,27?,29-,30?,31+,35+,36?/m1/s1. The molecule has 0 aromatic heterocycles. The van der Waals surface area contributed by atoms with Crippen molar-refractivity contribution in [1.29, 1.82) is 0 Å². The van der Waals surface area contributed by atoms with Crippen LogP contribution >= 0.6 is 11.8 Å². The number of ether oxygens (including phenoxy) is 7. The Morgan fingerprint density at radius 2 is 1.74 bits per heavy atom. The van der Waals surface area contributed by atoms with Gasteiger partial charge in [-0.25, -0.2) is 9.59 Å². The molecule has 6 unspecified atom stereocenters. The quantitative estimate of drug-likeness (QED) is 0.101. The van der Waals surface area contributed by atoms with Crippen LogP contribution in [-0.4, -0.2) is 115 Å². The maximum absolute atomic E-state index is 14.5. The fourth-order valence-corrected chi connectivity index (χ4v) is 8.95. The lowest BCUT2D eigenvalue weighted by Gasteiger charge is -2.58. The molecular weight excluding hydrogens is 716 g/mol. The molecule has 2 aliphatic heterocycles. The number of aliphatic hydroxyl groups excluding tert-OH is 2. The van der Waals surface area contributed by atoms with E-state index in [2.05, 4.69) is 17.2 Å². The molecule has 6 rings (SSSR count). The van der Waals surface area contributed by atoms with Crippen LogP contribution in [0.4, 0.5) is 10.5 Å². The van der Waals surface area contributed by atoms with Crippen molar-refractivity contribution in [2.45, 2.75) is 66.5 Å². The SMILES string of the molecule is C=C(OC)C(=O)Nc1cc(OC)c(OC)cc1C(=O)OC1CC(O[C@H]2C(=O)[C@@H](NC(=O)OC)C34SCC=C3[C@@]2(O)c2ccccc2C4O)OC(C)C1O. The topological polar surface area (TPSA) is 218 Å². The highest BCUT2D eigenvalue weighted by Gasteiger charge is 2.72. The van der Waals surface area contributed by atoms with E-state index in [0.717, 1.165) is 7.11 Å². The first-order valence-corrected chi connectivity index (χ1v) is 17.5. The largest absolute Gasteiger partial charge is 0.493 e. The molecule has 1 saturated carbocycles. The molecule has 0 spiro atoms. The third-order valence-corrected chi connectivity index (χ3v) is 11.5. The zero-order chi connectivity index (χ0) is 38.4. The van der Waals surface area contributed by atoms with Gasteiger partial charge in [0.1, 0.15) is 30.0 Å². The van der Waals surface area contributed by atoms with Crippen LogP contribution in [0.25, 0.3) is 0 Å². The molecule has 2 aliphatic carbocycles. The number of aliphatic hydroxyl groups is 3. The van der Waals surface area contributed by atoms with Crippen LogP contribution in [-0.2, 0) is 38.9 Å². The monoisotopic (exact) mass is 756 g/mol. The molecule has 5 N–H and O–H groups in total. The number of thioether (sulfide) groups is 1. The fourth-order valence-electron chi connectivity index (χ4n) is 7.41. The summed E-state index contributed by atoms with van der Waals surface area (Å²) in [6, 6.07) is 7.77. The Morgan fingerprint density at radius 3 is 2.42 bits per heavy atom. The van der Waals surface area contributed by atoms with Crippen molar-refractivity contribution in [2.75, 3.05) is 39.5 Å². The van der Waals surface area contributed by atoms with E-state index < -0.39 is 77.0 Å². The summed E-state index contributed by atoms with van der Waals surface area (Å²) in [6.07, 6.45) is -7.58. The minimum Gasteiger partial charge on any atom is -0.493 e. The number of rotatable bonds is 10. The molecular formula is C36H40N2O14S. The van der Waals surface area contributed by atoms with Gasteiger partial charge in [0, 0.05) is 24.3 Å². The summed E-state index contributed by atoms with van der Waals surface area (Å²) in [5.41, 5.74) is -1.47. The van der Waals surface area contributed by atoms with Gasteiger partial charge in [-0.3, -0.25) is 9.59 Å². The van der Waals surface area contributed by atoms with Gasteiger partial charge < -0.3 is 59.1 Å². The molecule has 284 valence electrons. The summed E-state index contributed by atoms with van der Waals surface area (Å²) in [5.74, 6) is -2.12. The van der Waals surface area contributed by atoms with Crippen molar-refractivity contribution in [3.05, 3.63) is 77.1 Å². The molecule has 53 heavy (non-hydrogen) atoms. The number of anilines is 1. The van der Waals surface area contributed by atoms with E-state index in [9.17, 15) is 34.5 Å². The van der Waals surface area contributed by atoms with Crippen LogP contribution in [0.5, 0.6) is 11.5 Å². The molecule has 2 fully saturated rings. The van der Waals surface area contributed by atoms with Gasteiger partial charge >= 0.3 is 12.1 Å². The number of amides is 2. The first kappa shape index (κ1) is 38.1. The summed E-state index contributed by atoms with van der Waals surface area (Å²) in [6.45, 7) is 5.03. The van der Waals surface area contributed by atoms with Gasteiger partial charge in [-0.15, -0.1) is 11.8 Å². The van der Waals surface area contributed by atoms with Crippen molar-refractivity contribution < 1.29 is 67.7 Å². The first-order chi connectivity index (χ1) is 25.3. The van der Waals surface area contributed by atoms with E-state index in [0.29, 0.717) is 11.3 Å². The molecule has 1 saturated heterocycles. The third-order valence-electron chi connectivity index (χ3n) is 10.0. The zero-order valence-corrected chi connectivity index (χ0v) is 30.3. The number of benzene rings is 2. The molecule has 0 radical (unpaired) electrons. The Bertz CT molecular complexity index is 1870. The van der Waals surface area contributed by atoms with E-state index in [1.54, 1.807) is 30.3 Å². The van der Waals surface area contributed by atoms with Gasteiger partial charge in [-0.2, -0.15) is 0 Å². The minimum atomic E-state index is -2.11. The smallest absolute Gasteiger partial charge is 0.407 e. The number of hydrogen-bond acceptors (Lipinski definition) is 15. The second-order valence-corrected chi connectivity index (χ2v) is 14.0. The van der Waals surface area contributed by atoms with Gasteiger partial charge in [-0.1, -0.05) is 36.9 Å². The van der Waals surface area contributed by atoms with E-state index in [-0.39, 0.29) is 46.1 Å². The normalized spacial score (nSPS) is 31.2. The van der Waals surface area contributed by atoms with Gasteiger partial charge in [0.2, 0.25) is 0 Å². The molecule has 2 bridgehead atoms. The lowest BCUT2D eigenvalue weighted by molar-refractivity contribution is -0.275. The van der Waals surface area contributed by atoms with Gasteiger partial charge in [0.25, 0.3) is 5.91 Å². The van der Waals surface area contributed by atoms with Crippen LogP contribution < -0.4 is 20.1 Å². The van der Waals surface area contributed by atoms with Crippen LogP contribution in [0, 0.1) is 0 Å². The average Bonchev–Trinajstić information content (AvgIpc) is 3.63. The predicted octanol–water partition coefficient (Wildman–Crippen LogP) is 1.86. The number of hydrogen-bond donors (Lipinski definition) is 5. The molecule has 16 nitrogen and oxygen atoms in total. The molecule has 2 heterocycles. The molecule has 4 aliphatic rings. The maximum Gasteiger partial charge on any atom is 0.407 e. The average molecular weight is 757 g/mol. The van der Waals surface area contributed by atoms with Gasteiger partial charge in [0.05, 0.1) is 50.5 Å². The molecule has 2 aromatic rings. The van der Waals surface area contributed by atoms with Crippen LogP contribution in [0.15, 0.2) is 60.4 Å². The number of carbonyl (C=O) groups is 4. The fraction of sp³-hybridized carbons (Fsp3) is 0.444. The number of esters is 1. The number of carbonyl (C=O) groups excluding carboxylic acids is 4. The minimum absolute atomic E-state index is 0.0400. The highest BCUT2D eigenvalue weighted by molar-refractivity contribution is 8.01. The summed E-state index contributed by atoms with van der Waals surface area (Å²) in [5, 5.41) is 40.7. The Hall–Kier alpha value is -4.65. The summed E-state index contributed by atoms with van der Waals surface area (Å²) in [4.78, 5) is 53.5. The van der Waals surface area contributed by atoms with Crippen molar-refractivity contribution in [1.82, 2.24) is 5.32 Å². The second kappa shape index (κ2) is 14.6. The lowest BCUT2D eigenvalue weighted by atomic mass is 9.57. The Morgan fingerprint density at radius 1 is 1.04 bits per heavy atom. The number of Topliss-reactive ketones (excluding diaryl/α,β-unsaturated/α-hetero) is 1. The van der Waals surface area contributed by atoms with E-state index in [4.69, 9.17) is 33.2 Å². The highest BCUT2D eigenvalue weighted by atomic mass is 32.2. The molecule has 2 aromatic carbocycles. The third kappa shape index (κ3) is 6.20. The van der Waals surface area contributed by atoms with Crippen LogP contribution in [0.2, 0.25) is 0 Å². The van der Waals surface area contributed by atoms with Crippen molar-refractivity contribution in [3.63, 3.8) is 0 Å². The summed E-state index contributed by atoms with van der Waals surface area (Å²) in [7, 11) is 5.11. The van der Waals surface area contributed by atoms with Gasteiger partial charge in [0.15, 0.2) is 35.4 Å². The molecule has 9 atom stereocenters. The Balaban J connectivity index is 1.33. The number of alkyl carbamates (subject to hydrolysis) is 1. The zero-order valence-electron chi connectivity index (χ0n) is 29.4. The summed E-state index contributed by atoms with van der Waals surface area (Å²) < 4.78 is 37.0. The van der Waals surface area contributed by atoms with E-state index in [1.165, 1.54) is 52.1 Å². The summed E-state index contributed by atoms with van der Waals surface area (Å²) >= 11 is 1.20. The second-order valence-electron chi connectivity index (χ2n) is 12.7. The molecule has 17 heteroatoms. The Labute approximate surface area is 308 Å². The number of ketones is 1. The number of nitrogens with one attached hydrogen (secondary N) is 2. The van der Waals surface area contributed by atoms with Crippen LogP contribution in [0.3, 0.4) is 0 Å². The lowest BCUT2D eigenvalue weighted by Crippen LogP contribution is -2.73. The van der Waals surface area contributed by atoms with Crippen molar-refractivity contribution in [3.8, 4) is 11.5 Å². The first-order valence-electron chi connectivity index (χ1n) is 16.5. The van der Waals surface area contributed by atoms with Crippen molar-refractivity contribution in [2.24, 2.45) is 0 Å². The van der Waals surface area contributed by atoms with E-state index in [1.807, 2.05) is 0 Å². The number of methoxy groups -OCH3 is 4. The van der Waals surface area contributed by atoms with Gasteiger partial charge in [-0.05, 0) is 23.6 Å². The highest BCUT2D eigenvalue weighted by Crippen LogP contribution is 2.64. The molecule has 2 amide bonds. The van der Waals surface area contributed by atoms with E-state index >= 15 is 0 Å². The van der Waals surface area contributed by atoms with Crippen molar-refractivity contribution >= 4 is 41.2 Å². The predicted molar refractivity (Wildman–Crippen MR) is 186 cm³/mol. The van der Waals surface area contributed by atoms with Crippen LogP contribution in [0.1, 0.15) is 40.9 Å². The Kier molecular flexibility index (Phi) is 10.5. The maximum atomic E-state index is 14.5.